The molecule has 6 aromatic carbocycles. The summed E-state index contributed by atoms with van der Waals surface area (Å²) in [4.78, 5) is 27.3. The lowest BCUT2D eigenvalue weighted by molar-refractivity contribution is -0.253. The van der Waals surface area contributed by atoms with E-state index >= 15 is 0 Å². The molecule has 310 valence electrons. The highest BCUT2D eigenvalue weighted by Crippen LogP contribution is 2.39. The van der Waals surface area contributed by atoms with Gasteiger partial charge in [-0.3, -0.25) is 14.5 Å². The Morgan fingerprint density at radius 2 is 1.45 bits per heavy atom. The Kier molecular flexibility index (Phi) is 14.4. The first-order chi connectivity index (χ1) is 29.2. The highest BCUT2D eigenvalue weighted by atomic mass is 16.7. The van der Waals surface area contributed by atoms with Gasteiger partial charge >= 0.3 is 0 Å². The number of carbonyl (C=O) groups is 2. The number of fused-ring (bicyclic) bond motifs is 1. The number of hydrogen-bond acceptors (Lipinski definition) is 7. The molecule has 0 radical (unpaired) electrons. The van der Waals surface area contributed by atoms with E-state index < -0.39 is 6.29 Å². The number of rotatable bonds is 17. The summed E-state index contributed by atoms with van der Waals surface area (Å²) in [6, 6.07) is 47.1. The van der Waals surface area contributed by atoms with Crippen molar-refractivity contribution in [2.45, 2.75) is 83.1 Å². The van der Waals surface area contributed by atoms with Crippen molar-refractivity contribution in [1.29, 1.82) is 0 Å². The predicted octanol–water partition coefficient (Wildman–Crippen LogP) is 10.0. The summed E-state index contributed by atoms with van der Waals surface area (Å²) in [6.07, 6.45) is 2.88. The lowest BCUT2D eigenvalue weighted by Gasteiger charge is -2.39. The zero-order valence-corrected chi connectivity index (χ0v) is 34.6. The zero-order valence-electron chi connectivity index (χ0n) is 34.6. The fraction of sp³-hybridized carbons (Fsp3) is 0.294. The second kappa shape index (κ2) is 20.4. The maximum atomic E-state index is 12.7. The SMILES string of the molecule is CC(c1ccc2ccccc2c1)N(C)CC1CC(c2ccc(CO)cc2)OC(c2ccc(-c3cccc(CNC(=O)CCCCCC(=O)Nc4ccccc4N)c3)cc2)O1. The molecule has 0 aromatic heterocycles. The molecule has 0 aliphatic carbocycles. The minimum absolute atomic E-state index is 0.00152. The van der Waals surface area contributed by atoms with E-state index in [4.69, 9.17) is 15.2 Å². The first-order valence-corrected chi connectivity index (χ1v) is 21.0. The number of likely N-dealkylation sites (N-methyl/N-ethyl adjacent to an activating group) is 1. The van der Waals surface area contributed by atoms with Gasteiger partial charge in [0, 0.05) is 44.0 Å². The van der Waals surface area contributed by atoms with Crippen LogP contribution < -0.4 is 16.4 Å². The van der Waals surface area contributed by atoms with Gasteiger partial charge in [-0.25, -0.2) is 0 Å². The number of nitrogens with one attached hydrogen (secondary N) is 2. The molecule has 0 spiro atoms. The third kappa shape index (κ3) is 11.2. The molecular weight excluding hydrogens is 749 g/mol. The van der Waals surface area contributed by atoms with E-state index in [0.29, 0.717) is 50.0 Å². The molecule has 6 aromatic rings. The van der Waals surface area contributed by atoms with Crippen LogP contribution >= 0.6 is 0 Å². The molecule has 4 atom stereocenters. The molecule has 1 aliphatic heterocycles. The van der Waals surface area contributed by atoms with E-state index in [9.17, 15) is 14.7 Å². The molecule has 0 saturated carbocycles. The fourth-order valence-corrected chi connectivity index (χ4v) is 7.79. The molecule has 9 heteroatoms. The summed E-state index contributed by atoms with van der Waals surface area (Å²) in [5.41, 5.74) is 14.3. The number of para-hydroxylation sites is 2. The summed E-state index contributed by atoms with van der Waals surface area (Å²) in [5, 5.41) is 18.0. The highest BCUT2D eigenvalue weighted by Gasteiger charge is 2.33. The standard InChI is InChI=1S/C51H56N4O5/c1-35(42-28-25-38-12-6-7-13-44(38)30-42)55(2)33-45-31-48(40-21-19-36(34-56)20-22-40)60-51(59-45)41-26-23-39(24-27-41)43-14-10-11-37(29-43)32-53-49(57)17-4-3-5-18-50(58)54-47-16-9-8-15-46(47)52/h6-16,19-30,35,45,48,51,56H,3-5,17-18,31-34,52H2,1-2H3,(H,53,57)(H,54,58). The summed E-state index contributed by atoms with van der Waals surface area (Å²) in [5.74, 6) is -0.0811. The number of unbranched alkanes of at least 4 members (excludes halogenated alkanes) is 2. The number of aliphatic hydroxyl groups is 1. The van der Waals surface area contributed by atoms with Crippen molar-refractivity contribution in [3.63, 3.8) is 0 Å². The summed E-state index contributed by atoms with van der Waals surface area (Å²) >= 11 is 0. The van der Waals surface area contributed by atoms with Crippen LogP contribution in [0.1, 0.15) is 91.7 Å². The maximum absolute atomic E-state index is 12.7. The van der Waals surface area contributed by atoms with Crippen molar-refractivity contribution >= 4 is 34.0 Å². The van der Waals surface area contributed by atoms with E-state index in [1.54, 1.807) is 12.1 Å². The number of hydrogen-bond donors (Lipinski definition) is 4. The van der Waals surface area contributed by atoms with Crippen molar-refractivity contribution in [1.82, 2.24) is 10.2 Å². The van der Waals surface area contributed by atoms with Crippen molar-refractivity contribution in [2.75, 3.05) is 24.6 Å². The summed E-state index contributed by atoms with van der Waals surface area (Å²) < 4.78 is 13.4. The van der Waals surface area contributed by atoms with Gasteiger partial charge in [-0.1, -0.05) is 122 Å². The van der Waals surface area contributed by atoms with Gasteiger partial charge in [0.15, 0.2) is 6.29 Å². The number of anilines is 2. The van der Waals surface area contributed by atoms with E-state index in [0.717, 1.165) is 46.3 Å². The lowest BCUT2D eigenvalue weighted by atomic mass is 9.98. The highest BCUT2D eigenvalue weighted by molar-refractivity contribution is 5.93. The molecule has 1 fully saturated rings. The van der Waals surface area contributed by atoms with Gasteiger partial charge in [0.2, 0.25) is 11.8 Å². The second-order valence-corrected chi connectivity index (χ2v) is 15.9. The average Bonchev–Trinajstić information content (AvgIpc) is 3.28. The number of ether oxygens (including phenoxy) is 2. The number of benzene rings is 6. The van der Waals surface area contributed by atoms with Crippen LogP contribution in [0.3, 0.4) is 0 Å². The van der Waals surface area contributed by atoms with Crippen LogP contribution in [0.4, 0.5) is 11.4 Å². The topological polar surface area (TPSA) is 126 Å². The van der Waals surface area contributed by atoms with Gasteiger partial charge in [0.05, 0.1) is 30.2 Å². The Morgan fingerprint density at radius 1 is 0.733 bits per heavy atom. The number of aliphatic hydroxyl groups excluding tert-OH is 1. The van der Waals surface area contributed by atoms with E-state index in [1.165, 1.54) is 16.3 Å². The van der Waals surface area contributed by atoms with Crippen LogP contribution in [0.25, 0.3) is 21.9 Å². The maximum Gasteiger partial charge on any atom is 0.224 e. The van der Waals surface area contributed by atoms with E-state index in [-0.39, 0.29) is 36.7 Å². The van der Waals surface area contributed by atoms with Gasteiger partial charge in [0.25, 0.3) is 0 Å². The minimum Gasteiger partial charge on any atom is -0.397 e. The van der Waals surface area contributed by atoms with Gasteiger partial charge in [0.1, 0.15) is 0 Å². The molecule has 1 aliphatic rings. The molecule has 4 unspecified atom stereocenters. The zero-order chi connectivity index (χ0) is 41.8. The molecule has 7 rings (SSSR count). The lowest BCUT2D eigenvalue weighted by Crippen LogP contribution is -2.38. The third-order valence-electron chi connectivity index (χ3n) is 11.5. The van der Waals surface area contributed by atoms with Crippen molar-refractivity contribution < 1.29 is 24.2 Å². The Morgan fingerprint density at radius 3 is 2.22 bits per heavy atom. The van der Waals surface area contributed by atoms with E-state index in [2.05, 4.69) is 108 Å². The van der Waals surface area contributed by atoms with Crippen LogP contribution in [-0.2, 0) is 32.2 Å². The fourth-order valence-electron chi connectivity index (χ4n) is 7.79. The molecule has 9 nitrogen and oxygen atoms in total. The first-order valence-electron chi connectivity index (χ1n) is 21.0. The molecule has 60 heavy (non-hydrogen) atoms. The molecule has 1 saturated heterocycles. The van der Waals surface area contributed by atoms with Crippen LogP contribution in [-0.4, -0.2) is 41.5 Å². The predicted molar refractivity (Wildman–Crippen MR) is 240 cm³/mol. The quantitative estimate of drug-likeness (QED) is 0.0534. The van der Waals surface area contributed by atoms with Gasteiger partial charge in [-0.2, -0.15) is 0 Å². The molecule has 2 amide bonds. The number of nitrogen functional groups attached to an aromatic ring is 1. The van der Waals surface area contributed by atoms with Crippen molar-refractivity contribution in [3.8, 4) is 11.1 Å². The summed E-state index contributed by atoms with van der Waals surface area (Å²) in [7, 11) is 2.16. The number of amides is 2. The third-order valence-corrected chi connectivity index (χ3v) is 11.5. The van der Waals surface area contributed by atoms with Crippen molar-refractivity contribution in [3.05, 3.63) is 167 Å². The minimum atomic E-state index is -0.558. The van der Waals surface area contributed by atoms with Crippen LogP contribution in [0.2, 0.25) is 0 Å². The Labute approximate surface area is 353 Å². The Hall–Kier alpha value is -5.84. The van der Waals surface area contributed by atoms with Gasteiger partial charge in [-0.05, 0) is 95.2 Å². The molecular formula is C51H56N4O5. The van der Waals surface area contributed by atoms with Gasteiger partial charge in [-0.15, -0.1) is 0 Å². The summed E-state index contributed by atoms with van der Waals surface area (Å²) in [6.45, 7) is 3.40. The van der Waals surface area contributed by atoms with Crippen molar-refractivity contribution in [2.24, 2.45) is 0 Å². The average molecular weight is 805 g/mol. The molecule has 1 heterocycles. The monoisotopic (exact) mass is 804 g/mol. The smallest absolute Gasteiger partial charge is 0.224 e. The van der Waals surface area contributed by atoms with Crippen LogP contribution in [0, 0.1) is 0 Å². The first kappa shape index (κ1) is 42.3. The number of nitrogens with zero attached hydrogens (tertiary/aromatic N) is 1. The molecule has 0 bridgehead atoms. The normalized spacial score (nSPS) is 17.0. The Bertz CT molecular complexity index is 2350. The van der Waals surface area contributed by atoms with Gasteiger partial charge < -0.3 is 30.9 Å². The largest absolute Gasteiger partial charge is 0.397 e. The van der Waals surface area contributed by atoms with Crippen LogP contribution in [0.5, 0.6) is 0 Å². The number of carbonyl (C=O) groups excluding carboxylic acids is 2. The Balaban J connectivity index is 0.936. The second-order valence-electron chi connectivity index (χ2n) is 15.9. The molecule has 5 N–H and O–H groups in total. The van der Waals surface area contributed by atoms with Crippen LogP contribution in [0.15, 0.2) is 140 Å². The van der Waals surface area contributed by atoms with E-state index in [1.807, 2.05) is 48.5 Å². The number of nitrogens with two attached hydrogens (primary N) is 1.